The molecule has 2 aromatic carbocycles. The Hall–Kier alpha value is -3.09. The summed E-state index contributed by atoms with van der Waals surface area (Å²) in [6.45, 7) is 3.54. The topological polar surface area (TPSA) is 48.0 Å². The first kappa shape index (κ1) is 18.9. The number of piperazine rings is 1. The molecule has 0 amide bonds. The largest absolute Gasteiger partial charge is 0.361 e. The maximum atomic E-state index is 13.4. The molecule has 30 heavy (non-hydrogen) atoms. The fourth-order valence-corrected chi connectivity index (χ4v) is 4.19. The molecule has 1 N–H and O–H groups in total. The Bertz CT molecular complexity index is 1150. The third-order valence-electron chi connectivity index (χ3n) is 5.85. The van der Waals surface area contributed by atoms with Crippen molar-refractivity contribution in [2.75, 3.05) is 26.7 Å². The zero-order valence-electron chi connectivity index (χ0n) is 16.9. The van der Waals surface area contributed by atoms with Crippen LogP contribution >= 0.6 is 0 Å². The fourth-order valence-electron chi connectivity index (χ4n) is 4.19. The van der Waals surface area contributed by atoms with Crippen LogP contribution < -0.4 is 0 Å². The normalized spacial score (nSPS) is 18.1. The SMILES string of the molecule is CN1CCN(Cc2cncc(-c3ccc4[nH]ccc4c3)n2)[C@@H](c2ccc(F)cc2)C1. The predicted molar refractivity (Wildman–Crippen MR) is 116 cm³/mol. The van der Waals surface area contributed by atoms with Crippen molar-refractivity contribution in [2.24, 2.45) is 0 Å². The Morgan fingerprint density at radius 3 is 2.80 bits per heavy atom. The van der Waals surface area contributed by atoms with E-state index < -0.39 is 0 Å². The highest BCUT2D eigenvalue weighted by molar-refractivity contribution is 5.84. The third kappa shape index (κ3) is 3.84. The Morgan fingerprint density at radius 1 is 1.07 bits per heavy atom. The Morgan fingerprint density at radius 2 is 1.93 bits per heavy atom. The van der Waals surface area contributed by atoms with Gasteiger partial charge >= 0.3 is 0 Å². The van der Waals surface area contributed by atoms with E-state index in [1.807, 2.05) is 30.7 Å². The number of halogens is 1. The molecule has 6 heteroatoms. The highest BCUT2D eigenvalue weighted by atomic mass is 19.1. The second-order valence-electron chi connectivity index (χ2n) is 7.98. The zero-order chi connectivity index (χ0) is 20.5. The summed E-state index contributed by atoms with van der Waals surface area (Å²) in [7, 11) is 2.13. The van der Waals surface area contributed by atoms with Crippen molar-refractivity contribution in [2.45, 2.75) is 12.6 Å². The van der Waals surface area contributed by atoms with Gasteiger partial charge in [-0.2, -0.15) is 0 Å². The number of H-pyrrole nitrogens is 1. The summed E-state index contributed by atoms with van der Waals surface area (Å²) in [5.41, 5.74) is 5.12. The quantitative estimate of drug-likeness (QED) is 0.555. The minimum Gasteiger partial charge on any atom is -0.361 e. The van der Waals surface area contributed by atoms with Gasteiger partial charge in [0.25, 0.3) is 0 Å². The molecule has 0 spiro atoms. The lowest BCUT2D eigenvalue weighted by molar-refractivity contribution is 0.0822. The molecule has 1 saturated heterocycles. The molecule has 0 saturated carbocycles. The van der Waals surface area contributed by atoms with Crippen molar-refractivity contribution >= 4 is 10.9 Å². The lowest BCUT2D eigenvalue weighted by Crippen LogP contribution is -2.46. The van der Waals surface area contributed by atoms with Crippen LogP contribution in [0.4, 0.5) is 4.39 Å². The number of benzene rings is 2. The van der Waals surface area contributed by atoms with E-state index >= 15 is 0 Å². The van der Waals surface area contributed by atoms with E-state index in [-0.39, 0.29) is 11.9 Å². The van der Waals surface area contributed by atoms with Crippen LogP contribution in [0.3, 0.4) is 0 Å². The van der Waals surface area contributed by atoms with Crippen LogP contribution in [0.15, 0.2) is 67.1 Å². The molecule has 4 aromatic rings. The van der Waals surface area contributed by atoms with Gasteiger partial charge in [-0.25, -0.2) is 9.37 Å². The van der Waals surface area contributed by atoms with Gasteiger partial charge in [0, 0.05) is 61.1 Å². The van der Waals surface area contributed by atoms with Crippen molar-refractivity contribution in [3.63, 3.8) is 0 Å². The molecule has 2 aromatic heterocycles. The van der Waals surface area contributed by atoms with Crippen LogP contribution in [0.2, 0.25) is 0 Å². The minimum absolute atomic E-state index is 0.200. The molecule has 1 aliphatic heterocycles. The summed E-state index contributed by atoms with van der Waals surface area (Å²) in [6.07, 6.45) is 5.61. The second kappa shape index (κ2) is 7.97. The summed E-state index contributed by atoms with van der Waals surface area (Å²) in [5.74, 6) is -0.201. The molecule has 1 aliphatic rings. The Kier molecular flexibility index (Phi) is 5.02. The number of rotatable bonds is 4. The summed E-state index contributed by atoms with van der Waals surface area (Å²) in [4.78, 5) is 17.3. The molecule has 0 unspecified atom stereocenters. The molecular formula is C24H24FN5. The number of hydrogen-bond donors (Lipinski definition) is 1. The molecule has 1 atom stereocenters. The average molecular weight is 401 g/mol. The number of fused-ring (bicyclic) bond motifs is 1. The molecule has 0 aliphatic carbocycles. The Balaban J connectivity index is 1.41. The standard InChI is InChI=1S/C24H24FN5/c1-29-10-11-30(24(16-29)17-2-5-20(25)6-3-17)15-21-13-26-14-23(28-21)18-4-7-22-19(12-18)8-9-27-22/h2-9,12-14,24,27H,10-11,15-16H2,1H3/t24-/m1/s1. The Labute approximate surface area is 175 Å². The van der Waals surface area contributed by atoms with Crippen molar-refractivity contribution in [3.8, 4) is 11.3 Å². The van der Waals surface area contributed by atoms with Gasteiger partial charge in [-0.3, -0.25) is 9.88 Å². The number of hydrogen-bond acceptors (Lipinski definition) is 4. The molecule has 3 heterocycles. The lowest BCUT2D eigenvalue weighted by Gasteiger charge is -2.40. The number of nitrogens with one attached hydrogen (secondary N) is 1. The van der Waals surface area contributed by atoms with Gasteiger partial charge in [0.2, 0.25) is 0 Å². The zero-order valence-corrected chi connectivity index (χ0v) is 16.9. The van der Waals surface area contributed by atoms with Crippen molar-refractivity contribution in [1.29, 1.82) is 0 Å². The van der Waals surface area contributed by atoms with Crippen molar-refractivity contribution in [1.82, 2.24) is 24.8 Å². The third-order valence-corrected chi connectivity index (χ3v) is 5.85. The van der Waals surface area contributed by atoms with E-state index in [0.717, 1.165) is 53.1 Å². The molecule has 5 rings (SSSR count). The van der Waals surface area contributed by atoms with Crippen molar-refractivity contribution in [3.05, 3.63) is 84.2 Å². The minimum atomic E-state index is -0.201. The van der Waals surface area contributed by atoms with Crippen LogP contribution in [0.1, 0.15) is 17.3 Å². The number of aromatic amines is 1. The summed E-state index contributed by atoms with van der Waals surface area (Å²) < 4.78 is 13.4. The average Bonchev–Trinajstić information content (AvgIpc) is 3.24. The van der Waals surface area contributed by atoms with Crippen LogP contribution in [0.25, 0.3) is 22.2 Å². The molecule has 5 nitrogen and oxygen atoms in total. The first-order chi connectivity index (χ1) is 14.7. The number of likely N-dealkylation sites (N-methyl/N-ethyl adjacent to an activating group) is 1. The van der Waals surface area contributed by atoms with E-state index in [0.29, 0.717) is 6.54 Å². The summed E-state index contributed by atoms with van der Waals surface area (Å²) in [5, 5.41) is 1.16. The molecule has 1 fully saturated rings. The van der Waals surface area contributed by atoms with Crippen LogP contribution in [-0.4, -0.2) is 51.4 Å². The number of nitrogens with zero attached hydrogens (tertiary/aromatic N) is 4. The van der Waals surface area contributed by atoms with E-state index in [4.69, 9.17) is 4.98 Å². The molecule has 0 radical (unpaired) electrons. The van der Waals surface area contributed by atoms with Gasteiger partial charge in [-0.1, -0.05) is 18.2 Å². The highest BCUT2D eigenvalue weighted by Gasteiger charge is 2.27. The van der Waals surface area contributed by atoms with Crippen molar-refractivity contribution < 1.29 is 4.39 Å². The van der Waals surface area contributed by atoms with Crippen LogP contribution in [0.5, 0.6) is 0 Å². The van der Waals surface area contributed by atoms with Crippen LogP contribution in [0, 0.1) is 5.82 Å². The van der Waals surface area contributed by atoms with Crippen LogP contribution in [-0.2, 0) is 6.54 Å². The van der Waals surface area contributed by atoms with E-state index in [1.165, 1.54) is 0 Å². The highest BCUT2D eigenvalue weighted by Crippen LogP contribution is 2.27. The first-order valence-corrected chi connectivity index (χ1v) is 10.2. The second-order valence-corrected chi connectivity index (χ2v) is 7.98. The van der Waals surface area contributed by atoms with Gasteiger partial charge in [-0.15, -0.1) is 0 Å². The first-order valence-electron chi connectivity index (χ1n) is 10.2. The molecular weight excluding hydrogens is 377 g/mol. The van der Waals surface area contributed by atoms with Gasteiger partial charge < -0.3 is 9.88 Å². The van der Waals surface area contributed by atoms with E-state index in [9.17, 15) is 4.39 Å². The van der Waals surface area contributed by atoms with Gasteiger partial charge in [0.1, 0.15) is 5.82 Å². The van der Waals surface area contributed by atoms with E-state index in [1.54, 1.807) is 12.1 Å². The van der Waals surface area contributed by atoms with Gasteiger partial charge in [0.15, 0.2) is 0 Å². The van der Waals surface area contributed by atoms with Gasteiger partial charge in [0.05, 0.1) is 17.6 Å². The maximum Gasteiger partial charge on any atom is 0.123 e. The fraction of sp³-hybridized carbons (Fsp3) is 0.250. The van der Waals surface area contributed by atoms with Gasteiger partial charge in [-0.05, 0) is 42.9 Å². The predicted octanol–water partition coefficient (Wildman–Crippen LogP) is 4.25. The summed E-state index contributed by atoms with van der Waals surface area (Å²) in [6, 6.07) is 15.4. The summed E-state index contributed by atoms with van der Waals surface area (Å²) >= 11 is 0. The maximum absolute atomic E-state index is 13.4. The molecule has 152 valence electrons. The number of aromatic nitrogens is 3. The molecule has 0 bridgehead atoms. The van der Waals surface area contributed by atoms with E-state index in [2.05, 4.69) is 51.1 Å². The monoisotopic (exact) mass is 401 g/mol. The smallest absolute Gasteiger partial charge is 0.123 e. The lowest BCUT2D eigenvalue weighted by atomic mass is 10.0.